The summed E-state index contributed by atoms with van der Waals surface area (Å²) in [6, 6.07) is 32.7. The number of hydrogen-bond acceptors (Lipinski definition) is 6. The fourth-order valence-corrected chi connectivity index (χ4v) is 6.97. The first kappa shape index (κ1) is 30.1. The molecule has 0 atom stereocenters. The van der Waals surface area contributed by atoms with E-state index in [1.807, 2.05) is 60.7 Å². The lowest BCUT2D eigenvalue weighted by Crippen LogP contribution is -2.34. The molecule has 0 amide bonds. The van der Waals surface area contributed by atoms with E-state index < -0.39 is 20.0 Å². The molecule has 0 radical (unpaired) electrons. The minimum atomic E-state index is -3.64. The number of thiocarbonyl (C=S) groups is 2. The fraction of sp³-hybridized carbons (Fsp3) is 0.103. The summed E-state index contributed by atoms with van der Waals surface area (Å²) in [5, 5.41) is 5.80. The van der Waals surface area contributed by atoms with Gasteiger partial charge in [-0.05, 0) is 77.4 Å². The Morgan fingerprint density at radius 1 is 0.488 bits per heavy atom. The van der Waals surface area contributed by atoms with Crippen molar-refractivity contribution in [1.29, 1.82) is 0 Å². The highest BCUT2D eigenvalue weighted by Gasteiger charge is 2.14. The average Bonchev–Trinajstić information content (AvgIpc) is 2.91. The Labute approximate surface area is 251 Å². The molecule has 0 saturated carbocycles. The van der Waals surface area contributed by atoms with Gasteiger partial charge in [0.25, 0.3) is 0 Å². The molecule has 41 heavy (non-hydrogen) atoms. The minimum absolute atomic E-state index is 0.00274. The molecule has 0 spiro atoms. The Morgan fingerprint density at radius 2 is 0.829 bits per heavy atom. The summed E-state index contributed by atoms with van der Waals surface area (Å²) in [6.07, 6.45) is 0.656. The average molecular weight is 625 g/mol. The lowest BCUT2D eigenvalue weighted by atomic mass is 10.0. The van der Waals surface area contributed by atoms with Crippen molar-refractivity contribution in [3.8, 4) is 0 Å². The van der Waals surface area contributed by atoms with Gasteiger partial charge in [0.2, 0.25) is 20.0 Å². The molecular formula is C29H28N4O4S4. The van der Waals surface area contributed by atoms with E-state index in [4.69, 9.17) is 24.4 Å². The van der Waals surface area contributed by atoms with E-state index in [0.29, 0.717) is 28.9 Å². The maximum atomic E-state index is 12.4. The van der Waals surface area contributed by atoms with Gasteiger partial charge in [-0.3, -0.25) is 9.44 Å². The van der Waals surface area contributed by atoms with Crippen LogP contribution in [0.3, 0.4) is 0 Å². The molecule has 0 unspecified atom stereocenters. The third kappa shape index (κ3) is 10.3. The number of sulfonamides is 2. The SMILES string of the molecule is O=S(=O)(Cc1ccccc1)NC(=S)Nc1ccc(Cc2ccc(NC(=S)NS(=O)(=O)Cc3ccccc3)cc2)cc1. The van der Waals surface area contributed by atoms with E-state index in [-0.39, 0.29) is 21.7 Å². The minimum Gasteiger partial charge on any atom is -0.332 e. The maximum absolute atomic E-state index is 12.4. The van der Waals surface area contributed by atoms with Crippen molar-refractivity contribution in [2.24, 2.45) is 0 Å². The largest absolute Gasteiger partial charge is 0.332 e. The first-order valence-electron chi connectivity index (χ1n) is 12.4. The molecule has 4 aromatic carbocycles. The van der Waals surface area contributed by atoms with E-state index in [9.17, 15) is 16.8 Å². The van der Waals surface area contributed by atoms with Gasteiger partial charge in [0, 0.05) is 11.4 Å². The van der Waals surface area contributed by atoms with Crippen molar-refractivity contribution in [2.75, 3.05) is 10.6 Å². The Bertz CT molecular complexity index is 1570. The number of rotatable bonds is 10. The molecule has 0 aliphatic heterocycles. The Kier molecular flexibility index (Phi) is 10.1. The van der Waals surface area contributed by atoms with Gasteiger partial charge in [0.15, 0.2) is 10.2 Å². The van der Waals surface area contributed by atoms with E-state index in [1.165, 1.54) is 0 Å². The van der Waals surface area contributed by atoms with Gasteiger partial charge >= 0.3 is 0 Å². The Balaban J connectivity index is 1.25. The highest BCUT2D eigenvalue weighted by atomic mass is 32.2. The smallest absolute Gasteiger partial charge is 0.238 e. The molecule has 212 valence electrons. The third-order valence-electron chi connectivity index (χ3n) is 5.73. The normalized spacial score (nSPS) is 11.3. The van der Waals surface area contributed by atoms with Gasteiger partial charge in [-0.1, -0.05) is 84.9 Å². The van der Waals surface area contributed by atoms with Crippen molar-refractivity contribution in [1.82, 2.24) is 9.44 Å². The third-order valence-corrected chi connectivity index (χ3v) is 8.85. The molecule has 0 aliphatic rings. The lowest BCUT2D eigenvalue weighted by molar-refractivity contribution is 0.590. The van der Waals surface area contributed by atoms with Crippen molar-refractivity contribution in [3.63, 3.8) is 0 Å². The summed E-state index contributed by atoms with van der Waals surface area (Å²) >= 11 is 10.4. The van der Waals surface area contributed by atoms with Gasteiger partial charge in [0.1, 0.15) is 0 Å². The van der Waals surface area contributed by atoms with Gasteiger partial charge in [0.05, 0.1) is 11.5 Å². The molecule has 0 fully saturated rings. The highest BCUT2D eigenvalue weighted by Crippen LogP contribution is 2.16. The van der Waals surface area contributed by atoms with Crippen LogP contribution in [0.1, 0.15) is 22.3 Å². The number of anilines is 2. The zero-order valence-corrected chi connectivity index (χ0v) is 25.0. The number of benzene rings is 4. The summed E-state index contributed by atoms with van der Waals surface area (Å²) in [7, 11) is -7.27. The zero-order valence-electron chi connectivity index (χ0n) is 21.8. The van der Waals surface area contributed by atoms with Crippen LogP contribution in [0.4, 0.5) is 11.4 Å². The second kappa shape index (κ2) is 13.7. The van der Waals surface area contributed by atoms with Gasteiger partial charge < -0.3 is 10.6 Å². The predicted molar refractivity (Wildman–Crippen MR) is 173 cm³/mol. The number of hydrogen-bond donors (Lipinski definition) is 4. The van der Waals surface area contributed by atoms with Crippen LogP contribution in [0.2, 0.25) is 0 Å². The van der Waals surface area contributed by atoms with E-state index >= 15 is 0 Å². The summed E-state index contributed by atoms with van der Waals surface area (Å²) in [6.45, 7) is 0. The van der Waals surface area contributed by atoms with Crippen molar-refractivity contribution in [2.45, 2.75) is 17.9 Å². The molecule has 0 heterocycles. The van der Waals surface area contributed by atoms with Crippen LogP contribution in [-0.4, -0.2) is 27.1 Å². The van der Waals surface area contributed by atoms with E-state index in [0.717, 1.165) is 11.1 Å². The maximum Gasteiger partial charge on any atom is 0.238 e. The monoisotopic (exact) mass is 624 g/mol. The molecule has 4 rings (SSSR count). The Morgan fingerprint density at radius 3 is 1.17 bits per heavy atom. The van der Waals surface area contributed by atoms with E-state index in [1.54, 1.807) is 48.5 Å². The second-order valence-corrected chi connectivity index (χ2v) is 13.4. The van der Waals surface area contributed by atoms with Gasteiger partial charge in [-0.2, -0.15) is 0 Å². The highest BCUT2D eigenvalue weighted by molar-refractivity contribution is 7.91. The summed E-state index contributed by atoms with van der Waals surface area (Å²) < 4.78 is 54.3. The molecular weight excluding hydrogens is 597 g/mol. The molecule has 4 aromatic rings. The van der Waals surface area contributed by atoms with Crippen molar-refractivity contribution < 1.29 is 16.8 Å². The first-order chi connectivity index (χ1) is 19.6. The van der Waals surface area contributed by atoms with Crippen LogP contribution >= 0.6 is 24.4 Å². The molecule has 0 bridgehead atoms. The molecule has 0 aromatic heterocycles. The molecule has 4 N–H and O–H groups in total. The van der Waals surface area contributed by atoms with Crippen LogP contribution in [0.15, 0.2) is 109 Å². The summed E-state index contributed by atoms with van der Waals surface area (Å²) in [4.78, 5) is 0. The van der Waals surface area contributed by atoms with E-state index in [2.05, 4.69) is 20.1 Å². The standard InChI is InChI=1S/C29H28N4O4S4/c34-40(35,20-24-7-3-1-4-8-24)32-28(38)30-26-15-11-22(12-16-26)19-23-13-17-27(18-14-23)31-29(39)33-41(36,37)21-25-9-5-2-6-10-25/h1-18H,19-21H2,(H2,30,32,38)(H2,31,33,39). The first-order valence-corrected chi connectivity index (χ1v) is 16.6. The molecule has 8 nitrogen and oxygen atoms in total. The lowest BCUT2D eigenvalue weighted by Gasteiger charge is -2.12. The van der Waals surface area contributed by atoms with Gasteiger partial charge in [-0.15, -0.1) is 0 Å². The van der Waals surface area contributed by atoms with Crippen LogP contribution in [0, 0.1) is 0 Å². The summed E-state index contributed by atoms with van der Waals surface area (Å²) in [5.74, 6) is -0.336. The van der Waals surface area contributed by atoms with Crippen molar-refractivity contribution in [3.05, 3.63) is 131 Å². The van der Waals surface area contributed by atoms with Crippen LogP contribution < -0.4 is 20.1 Å². The second-order valence-electron chi connectivity index (χ2n) is 9.17. The predicted octanol–water partition coefficient (Wildman–Crippen LogP) is 4.91. The number of nitrogens with one attached hydrogen (secondary N) is 4. The topological polar surface area (TPSA) is 116 Å². The quantitative estimate of drug-likeness (QED) is 0.184. The van der Waals surface area contributed by atoms with Crippen LogP contribution in [0.5, 0.6) is 0 Å². The van der Waals surface area contributed by atoms with Crippen LogP contribution in [0.25, 0.3) is 0 Å². The van der Waals surface area contributed by atoms with Crippen LogP contribution in [-0.2, 0) is 38.0 Å². The molecule has 0 aliphatic carbocycles. The Hall–Kier alpha value is -3.84. The van der Waals surface area contributed by atoms with Crippen molar-refractivity contribution >= 4 is 66.1 Å². The zero-order chi connectivity index (χ0) is 29.3. The fourth-order valence-electron chi connectivity index (χ4n) is 3.90. The van der Waals surface area contributed by atoms with Gasteiger partial charge in [-0.25, -0.2) is 16.8 Å². The molecule has 0 saturated heterocycles. The summed E-state index contributed by atoms with van der Waals surface area (Å²) in [5.41, 5.74) is 4.73. The molecule has 12 heteroatoms.